The van der Waals surface area contributed by atoms with E-state index in [4.69, 9.17) is 46.9 Å². The third-order valence-corrected chi connectivity index (χ3v) is 11.5. The molecule has 2 heterocycles. The van der Waals surface area contributed by atoms with Crippen molar-refractivity contribution in [2.45, 2.75) is 116 Å². The Morgan fingerprint density at radius 2 is 1.74 bits per heavy atom. The lowest BCUT2D eigenvalue weighted by atomic mass is 9.80. The highest BCUT2D eigenvalue weighted by atomic mass is 35.5. The third-order valence-electron chi connectivity index (χ3n) is 10.9. The Bertz CT molecular complexity index is 1490. The number of pyridine rings is 1. The molecule has 4 rings (SSSR count). The van der Waals surface area contributed by atoms with Crippen molar-refractivity contribution >= 4 is 47.1 Å². The second-order valence-corrected chi connectivity index (χ2v) is 15.7. The molecule has 0 radical (unpaired) electrons. The van der Waals surface area contributed by atoms with Crippen LogP contribution in [0.3, 0.4) is 0 Å². The van der Waals surface area contributed by atoms with Crippen molar-refractivity contribution in [3.8, 4) is 11.5 Å². The Hall–Kier alpha value is -3.12. The van der Waals surface area contributed by atoms with E-state index in [9.17, 15) is 14.4 Å². The van der Waals surface area contributed by atoms with Crippen LogP contribution in [0.15, 0.2) is 30.6 Å². The maximum absolute atomic E-state index is 14.0. The Balaban J connectivity index is 1.58. The molecular formula is C40H57Cl2N3O8. The number of carbonyl (C=O) groups excluding carboxylic acids is 3. The average Bonchev–Trinajstić information content (AvgIpc) is 3.66. The minimum absolute atomic E-state index is 0.0126. The maximum Gasteiger partial charge on any atom is 0.308 e. The molecule has 2 aromatic rings. The number of halogens is 2. The van der Waals surface area contributed by atoms with Crippen LogP contribution in [0.4, 0.5) is 5.69 Å². The predicted octanol–water partition coefficient (Wildman–Crippen LogP) is 7.61. The van der Waals surface area contributed by atoms with E-state index in [1.807, 2.05) is 45.9 Å². The van der Waals surface area contributed by atoms with E-state index >= 15 is 0 Å². The van der Waals surface area contributed by atoms with Gasteiger partial charge in [-0.25, -0.2) is 0 Å². The van der Waals surface area contributed by atoms with E-state index in [2.05, 4.69) is 15.2 Å². The zero-order chi connectivity index (χ0) is 38.5. The highest BCUT2D eigenvalue weighted by molar-refractivity contribution is 6.35. The lowest BCUT2D eigenvalue weighted by Gasteiger charge is -2.35. The third kappa shape index (κ3) is 11.9. The zero-order valence-electron chi connectivity index (χ0n) is 32.0. The molecule has 0 amide bonds. The first kappa shape index (κ1) is 42.6. The van der Waals surface area contributed by atoms with Crippen molar-refractivity contribution in [3.63, 3.8) is 0 Å². The van der Waals surface area contributed by atoms with Crippen LogP contribution < -0.4 is 19.7 Å². The highest BCUT2D eigenvalue weighted by Crippen LogP contribution is 2.37. The second kappa shape index (κ2) is 20.5. The van der Waals surface area contributed by atoms with Crippen LogP contribution in [0.2, 0.25) is 10.0 Å². The fourth-order valence-electron chi connectivity index (χ4n) is 7.56. The first-order valence-electron chi connectivity index (χ1n) is 18.8. The number of nitrogens with one attached hydrogen (secondary N) is 1. The van der Waals surface area contributed by atoms with Crippen molar-refractivity contribution in [2.75, 3.05) is 38.8 Å². The first-order chi connectivity index (χ1) is 25.4. The van der Waals surface area contributed by atoms with Crippen LogP contribution in [0.5, 0.6) is 11.5 Å². The number of rotatable bonds is 14. The second-order valence-electron chi connectivity index (χ2n) is 14.8. The summed E-state index contributed by atoms with van der Waals surface area (Å²) in [6, 6.07) is 5.25. The van der Waals surface area contributed by atoms with Gasteiger partial charge in [0, 0.05) is 61.7 Å². The molecule has 1 aromatic heterocycles. The van der Waals surface area contributed by atoms with Gasteiger partial charge >= 0.3 is 5.97 Å². The zero-order valence-corrected chi connectivity index (χ0v) is 33.5. The number of ether oxygens (including phenoxy) is 5. The summed E-state index contributed by atoms with van der Waals surface area (Å²) in [7, 11) is 3.29. The summed E-state index contributed by atoms with van der Waals surface area (Å²) in [6.45, 7) is 9.19. The number of cyclic esters (lactones) is 1. The van der Waals surface area contributed by atoms with E-state index in [-0.39, 0.29) is 36.3 Å². The standard InChI is InChI=1S/C40H57Cl2N3O8/c1-26-11-9-16-40(4,50-6)20-27(2)38(47)28(3)37(36(52-25-46)24-51-39(26)48)44-17-10-18-45(23-31-32(41)21-43-22-33(31)42)29-14-15-34(49-5)35(19-29)53-30-12-7-8-13-30/h14-15,19,21-22,25-28,30,36-37,44H,7-13,16-18,20,23-24H2,1-6H3/t26?,27-,28?,36+,37?,40?/m1/s1. The van der Waals surface area contributed by atoms with Crippen molar-refractivity contribution in [2.24, 2.45) is 17.8 Å². The molecule has 4 unspecified atom stereocenters. The smallest absolute Gasteiger partial charge is 0.308 e. The van der Waals surface area contributed by atoms with Gasteiger partial charge in [-0.15, -0.1) is 0 Å². The van der Waals surface area contributed by atoms with Crippen LogP contribution in [0.25, 0.3) is 0 Å². The minimum Gasteiger partial charge on any atom is -0.493 e. The molecule has 0 spiro atoms. The largest absolute Gasteiger partial charge is 0.493 e. The van der Waals surface area contributed by atoms with E-state index in [0.29, 0.717) is 73.3 Å². The Morgan fingerprint density at radius 3 is 2.40 bits per heavy atom. The molecule has 1 aromatic carbocycles. The number of methoxy groups -OCH3 is 2. The molecule has 294 valence electrons. The highest BCUT2D eigenvalue weighted by Gasteiger charge is 2.38. The number of carbonyl (C=O) groups is 3. The molecule has 1 aliphatic heterocycles. The molecule has 1 saturated carbocycles. The number of hydrogen-bond acceptors (Lipinski definition) is 11. The molecule has 1 saturated heterocycles. The summed E-state index contributed by atoms with van der Waals surface area (Å²) in [5.74, 6) is -0.251. The molecule has 53 heavy (non-hydrogen) atoms. The normalized spacial score (nSPS) is 26.4. The van der Waals surface area contributed by atoms with Crippen molar-refractivity contribution in [1.82, 2.24) is 10.3 Å². The average molecular weight is 779 g/mol. The van der Waals surface area contributed by atoms with Crippen LogP contribution >= 0.6 is 23.2 Å². The van der Waals surface area contributed by atoms with Crippen molar-refractivity contribution < 1.29 is 38.1 Å². The maximum atomic E-state index is 14.0. The number of anilines is 1. The van der Waals surface area contributed by atoms with Gasteiger partial charge in [0.1, 0.15) is 12.4 Å². The monoisotopic (exact) mass is 777 g/mol. The first-order valence-corrected chi connectivity index (χ1v) is 19.6. The van der Waals surface area contributed by atoms with Gasteiger partial charge < -0.3 is 33.9 Å². The number of nitrogens with zero attached hydrogens (tertiary/aromatic N) is 2. The number of esters is 1. The molecule has 0 bridgehead atoms. The summed E-state index contributed by atoms with van der Waals surface area (Å²) in [5.41, 5.74) is 1.10. The van der Waals surface area contributed by atoms with Crippen LogP contribution in [-0.2, 0) is 35.1 Å². The SMILES string of the molecule is COc1ccc(N(CCCNC2C(C)C(=O)[C@H](C)CC(C)(OC)CCCC(C)C(=O)OC[C@@H]2OC=O)Cc2c(Cl)cncc2Cl)cc1OC1CCCC1. The summed E-state index contributed by atoms with van der Waals surface area (Å²) >= 11 is 13.2. The van der Waals surface area contributed by atoms with Gasteiger partial charge in [0.05, 0.1) is 40.8 Å². The fourth-order valence-corrected chi connectivity index (χ4v) is 8.04. The van der Waals surface area contributed by atoms with Gasteiger partial charge in [-0.05, 0) is 83.4 Å². The predicted molar refractivity (Wildman–Crippen MR) is 206 cm³/mol. The lowest BCUT2D eigenvalue weighted by Crippen LogP contribution is -2.52. The van der Waals surface area contributed by atoms with Crippen molar-refractivity contribution in [3.05, 3.63) is 46.2 Å². The molecular weight excluding hydrogens is 721 g/mol. The lowest BCUT2D eigenvalue weighted by molar-refractivity contribution is -0.158. The Morgan fingerprint density at radius 1 is 1.02 bits per heavy atom. The number of hydrogen-bond donors (Lipinski definition) is 1. The van der Waals surface area contributed by atoms with E-state index in [1.165, 1.54) is 0 Å². The van der Waals surface area contributed by atoms with Crippen LogP contribution in [-0.4, -0.2) is 81.0 Å². The van der Waals surface area contributed by atoms with Crippen LogP contribution in [0.1, 0.15) is 91.0 Å². The number of Topliss-reactive ketones (excluding diaryl/α,β-unsaturated/α-hetero) is 1. The summed E-state index contributed by atoms with van der Waals surface area (Å²) < 4.78 is 29.2. The molecule has 6 atom stereocenters. The van der Waals surface area contributed by atoms with E-state index in [0.717, 1.165) is 43.4 Å². The molecule has 2 fully saturated rings. The Labute approximate surface area is 324 Å². The summed E-state index contributed by atoms with van der Waals surface area (Å²) in [6.07, 6.45) is 9.92. The quantitative estimate of drug-likeness (QED) is 0.116. The number of benzene rings is 1. The van der Waals surface area contributed by atoms with Gasteiger partial charge in [0.15, 0.2) is 17.6 Å². The van der Waals surface area contributed by atoms with E-state index < -0.39 is 23.7 Å². The fraction of sp³-hybridized carbons (Fsp3) is 0.650. The molecule has 1 N–H and O–H groups in total. The Kier molecular flexibility index (Phi) is 16.5. The van der Waals surface area contributed by atoms with Crippen LogP contribution in [0, 0.1) is 17.8 Å². The molecule has 1 aliphatic carbocycles. The summed E-state index contributed by atoms with van der Waals surface area (Å²) in [4.78, 5) is 45.0. The van der Waals surface area contributed by atoms with Crippen molar-refractivity contribution in [1.29, 1.82) is 0 Å². The van der Waals surface area contributed by atoms with Gasteiger partial charge in [-0.3, -0.25) is 19.4 Å². The summed E-state index contributed by atoms with van der Waals surface area (Å²) in [5, 5.41) is 4.43. The molecule has 2 aliphatic rings. The number of aromatic nitrogens is 1. The van der Waals surface area contributed by atoms with Gasteiger partial charge in [-0.1, -0.05) is 44.0 Å². The topological polar surface area (TPSA) is 126 Å². The van der Waals surface area contributed by atoms with E-state index in [1.54, 1.807) is 26.6 Å². The number of ketones is 1. The molecule has 13 heteroatoms. The van der Waals surface area contributed by atoms with Gasteiger partial charge in [-0.2, -0.15) is 0 Å². The molecule has 11 nitrogen and oxygen atoms in total. The van der Waals surface area contributed by atoms with Gasteiger partial charge in [0.2, 0.25) is 0 Å². The minimum atomic E-state index is -0.881. The van der Waals surface area contributed by atoms with Gasteiger partial charge in [0.25, 0.3) is 6.47 Å².